The topological polar surface area (TPSA) is 87.7 Å². The molecular formula is C25H28FN3O4. The number of nitrogens with zero attached hydrogens (tertiary/aromatic N) is 1. The van der Waals surface area contributed by atoms with Crippen LogP contribution in [-0.2, 0) is 9.53 Å². The number of rotatable bonds is 6. The molecule has 2 saturated heterocycles. The average Bonchev–Trinajstić information content (AvgIpc) is 3.36. The fourth-order valence-electron chi connectivity index (χ4n) is 4.28. The molecule has 3 amide bonds. The van der Waals surface area contributed by atoms with Gasteiger partial charge in [0.15, 0.2) is 0 Å². The van der Waals surface area contributed by atoms with Crippen LogP contribution in [0.3, 0.4) is 0 Å². The van der Waals surface area contributed by atoms with Gasteiger partial charge in [0, 0.05) is 37.7 Å². The molecule has 2 aliphatic heterocycles. The minimum Gasteiger partial charge on any atom is -0.376 e. The molecule has 2 aromatic rings. The van der Waals surface area contributed by atoms with Gasteiger partial charge in [-0.3, -0.25) is 14.4 Å². The van der Waals surface area contributed by atoms with Gasteiger partial charge in [-0.1, -0.05) is 18.2 Å². The summed E-state index contributed by atoms with van der Waals surface area (Å²) in [6.45, 7) is 1.99. The molecule has 8 heteroatoms. The predicted octanol–water partition coefficient (Wildman–Crippen LogP) is 3.23. The van der Waals surface area contributed by atoms with Gasteiger partial charge in [0.05, 0.1) is 17.4 Å². The number of ether oxygens (including phenoxy) is 1. The number of carbonyl (C=O) groups is 3. The SMILES string of the molecule is O=C(NC[C@H]1CCCO1)c1ccccc1NC(=O)C1CCN(C(=O)c2cccc(F)c2)CC1. The molecule has 174 valence electrons. The van der Waals surface area contributed by atoms with E-state index in [-0.39, 0.29) is 29.7 Å². The predicted molar refractivity (Wildman–Crippen MR) is 121 cm³/mol. The molecule has 2 N–H and O–H groups in total. The molecule has 1 atom stereocenters. The number of benzene rings is 2. The Balaban J connectivity index is 1.32. The van der Waals surface area contributed by atoms with E-state index in [2.05, 4.69) is 10.6 Å². The third-order valence-corrected chi connectivity index (χ3v) is 6.17. The van der Waals surface area contributed by atoms with Crippen LogP contribution in [0.1, 0.15) is 46.4 Å². The first-order valence-electron chi connectivity index (χ1n) is 11.4. The molecule has 2 aliphatic rings. The lowest BCUT2D eigenvalue weighted by atomic mass is 9.95. The molecular weight excluding hydrogens is 425 g/mol. The minimum absolute atomic E-state index is 0.0379. The first-order chi connectivity index (χ1) is 16.0. The molecule has 2 fully saturated rings. The second-order valence-electron chi connectivity index (χ2n) is 8.46. The van der Waals surface area contributed by atoms with Crippen LogP contribution >= 0.6 is 0 Å². The van der Waals surface area contributed by atoms with E-state index in [1.54, 1.807) is 35.2 Å². The first-order valence-corrected chi connectivity index (χ1v) is 11.4. The number of anilines is 1. The molecule has 0 radical (unpaired) electrons. The van der Waals surface area contributed by atoms with E-state index < -0.39 is 5.82 Å². The number of hydrogen-bond donors (Lipinski definition) is 2. The minimum atomic E-state index is -0.450. The van der Waals surface area contributed by atoms with Gasteiger partial charge in [0.1, 0.15) is 5.82 Å². The van der Waals surface area contributed by atoms with Crippen molar-refractivity contribution in [2.24, 2.45) is 5.92 Å². The van der Waals surface area contributed by atoms with Crippen LogP contribution in [0.4, 0.5) is 10.1 Å². The zero-order chi connectivity index (χ0) is 23.2. The van der Waals surface area contributed by atoms with Crippen LogP contribution in [0.5, 0.6) is 0 Å². The van der Waals surface area contributed by atoms with Crippen molar-refractivity contribution >= 4 is 23.4 Å². The maximum absolute atomic E-state index is 13.4. The third-order valence-electron chi connectivity index (χ3n) is 6.17. The molecule has 2 aromatic carbocycles. The summed E-state index contributed by atoms with van der Waals surface area (Å²) in [5.41, 5.74) is 1.18. The molecule has 2 heterocycles. The number of halogens is 1. The highest BCUT2D eigenvalue weighted by Gasteiger charge is 2.28. The van der Waals surface area contributed by atoms with Gasteiger partial charge in [0.2, 0.25) is 5.91 Å². The van der Waals surface area contributed by atoms with Gasteiger partial charge in [-0.05, 0) is 56.0 Å². The lowest BCUT2D eigenvalue weighted by Gasteiger charge is -2.31. The summed E-state index contributed by atoms with van der Waals surface area (Å²) < 4.78 is 19.0. The molecule has 7 nitrogen and oxygen atoms in total. The molecule has 33 heavy (non-hydrogen) atoms. The Bertz CT molecular complexity index is 1010. The molecule has 0 saturated carbocycles. The van der Waals surface area contributed by atoms with E-state index in [9.17, 15) is 18.8 Å². The number of carbonyl (C=O) groups excluding carboxylic acids is 3. The smallest absolute Gasteiger partial charge is 0.253 e. The number of piperidine rings is 1. The van der Waals surface area contributed by atoms with Gasteiger partial charge in [-0.25, -0.2) is 4.39 Å². The van der Waals surface area contributed by atoms with Gasteiger partial charge in [-0.2, -0.15) is 0 Å². The quantitative estimate of drug-likeness (QED) is 0.703. The van der Waals surface area contributed by atoms with E-state index >= 15 is 0 Å². The maximum atomic E-state index is 13.4. The summed E-state index contributed by atoms with van der Waals surface area (Å²) in [4.78, 5) is 39.8. The first kappa shape index (κ1) is 22.9. The number of nitrogens with one attached hydrogen (secondary N) is 2. The Morgan fingerprint density at radius 3 is 2.55 bits per heavy atom. The largest absolute Gasteiger partial charge is 0.376 e. The van der Waals surface area contributed by atoms with Gasteiger partial charge in [-0.15, -0.1) is 0 Å². The highest BCUT2D eigenvalue weighted by Crippen LogP contribution is 2.23. The number of likely N-dealkylation sites (tertiary alicyclic amines) is 1. The Labute approximate surface area is 192 Å². The highest BCUT2D eigenvalue weighted by atomic mass is 19.1. The molecule has 4 rings (SSSR count). The molecule has 0 aliphatic carbocycles. The third kappa shape index (κ3) is 5.76. The van der Waals surface area contributed by atoms with Crippen molar-refractivity contribution in [2.45, 2.75) is 31.8 Å². The number of para-hydroxylation sites is 1. The van der Waals surface area contributed by atoms with Crippen LogP contribution in [0.2, 0.25) is 0 Å². The summed E-state index contributed by atoms with van der Waals surface area (Å²) in [5, 5.41) is 5.77. The number of hydrogen-bond acceptors (Lipinski definition) is 4. The average molecular weight is 454 g/mol. The zero-order valence-electron chi connectivity index (χ0n) is 18.4. The lowest BCUT2D eigenvalue weighted by molar-refractivity contribution is -0.121. The van der Waals surface area contributed by atoms with E-state index in [0.29, 0.717) is 49.3 Å². The van der Waals surface area contributed by atoms with Gasteiger partial charge in [0.25, 0.3) is 11.8 Å². The van der Waals surface area contributed by atoms with Crippen molar-refractivity contribution in [3.05, 3.63) is 65.5 Å². The molecule has 0 bridgehead atoms. The number of amides is 3. The Morgan fingerprint density at radius 2 is 1.82 bits per heavy atom. The highest BCUT2D eigenvalue weighted by molar-refractivity contribution is 6.04. The van der Waals surface area contributed by atoms with Crippen molar-refractivity contribution in [3.63, 3.8) is 0 Å². The fourth-order valence-corrected chi connectivity index (χ4v) is 4.28. The van der Waals surface area contributed by atoms with Crippen LogP contribution in [0.25, 0.3) is 0 Å². The van der Waals surface area contributed by atoms with Crippen LogP contribution in [-0.4, -0.2) is 55.0 Å². The van der Waals surface area contributed by atoms with Crippen molar-refractivity contribution in [1.29, 1.82) is 0 Å². The maximum Gasteiger partial charge on any atom is 0.253 e. The van der Waals surface area contributed by atoms with E-state index in [1.165, 1.54) is 18.2 Å². The van der Waals surface area contributed by atoms with Crippen LogP contribution in [0, 0.1) is 11.7 Å². The monoisotopic (exact) mass is 453 g/mol. The van der Waals surface area contributed by atoms with Crippen molar-refractivity contribution in [1.82, 2.24) is 10.2 Å². The standard InChI is InChI=1S/C25H28FN3O4/c26-19-6-3-5-18(15-19)25(32)29-12-10-17(11-13-29)23(30)28-22-9-2-1-8-21(22)24(31)27-16-20-7-4-14-33-20/h1-3,5-6,8-9,15,17,20H,4,7,10-14,16H2,(H,27,31)(H,28,30)/t20-/m1/s1. The normalized spacial score (nSPS) is 18.7. The lowest BCUT2D eigenvalue weighted by Crippen LogP contribution is -2.41. The van der Waals surface area contributed by atoms with E-state index in [0.717, 1.165) is 19.4 Å². The van der Waals surface area contributed by atoms with Crippen molar-refractivity contribution < 1.29 is 23.5 Å². The second kappa shape index (κ2) is 10.6. The summed E-state index contributed by atoms with van der Waals surface area (Å²) in [5.74, 6) is -1.39. The van der Waals surface area contributed by atoms with Crippen molar-refractivity contribution in [3.8, 4) is 0 Å². The van der Waals surface area contributed by atoms with Crippen LogP contribution in [0.15, 0.2) is 48.5 Å². The summed E-state index contributed by atoms with van der Waals surface area (Å²) in [6.07, 6.45) is 2.97. The summed E-state index contributed by atoms with van der Waals surface area (Å²) >= 11 is 0. The Morgan fingerprint density at radius 1 is 1.03 bits per heavy atom. The molecule has 0 spiro atoms. The van der Waals surface area contributed by atoms with E-state index in [1.807, 2.05) is 0 Å². The Kier molecular flexibility index (Phi) is 7.34. The second-order valence-corrected chi connectivity index (χ2v) is 8.46. The zero-order valence-corrected chi connectivity index (χ0v) is 18.4. The fraction of sp³-hybridized carbons (Fsp3) is 0.400. The Hall–Kier alpha value is -3.26. The van der Waals surface area contributed by atoms with E-state index in [4.69, 9.17) is 4.74 Å². The summed E-state index contributed by atoms with van der Waals surface area (Å²) in [6, 6.07) is 12.5. The summed E-state index contributed by atoms with van der Waals surface area (Å²) in [7, 11) is 0. The molecule has 0 unspecified atom stereocenters. The van der Waals surface area contributed by atoms with Crippen LogP contribution < -0.4 is 10.6 Å². The molecule has 0 aromatic heterocycles. The van der Waals surface area contributed by atoms with Gasteiger partial charge < -0.3 is 20.3 Å². The van der Waals surface area contributed by atoms with Gasteiger partial charge >= 0.3 is 0 Å². The van der Waals surface area contributed by atoms with Crippen molar-refractivity contribution in [2.75, 3.05) is 31.6 Å².